The van der Waals surface area contributed by atoms with Gasteiger partial charge < -0.3 is 12.3 Å². The van der Waals surface area contributed by atoms with Crippen LogP contribution in [0.1, 0.15) is 0 Å². The molecule has 5 heteroatoms. The van der Waals surface area contributed by atoms with E-state index in [-0.39, 0.29) is 12.3 Å². The summed E-state index contributed by atoms with van der Waals surface area (Å²) in [6.07, 6.45) is 0. The Kier molecular flexibility index (Phi) is 1850. The van der Waals surface area contributed by atoms with Gasteiger partial charge in [-0.15, -0.1) is 0 Å². The molecule has 6 N–H and O–H groups in total. The number of hydrogen-bond acceptors (Lipinski definition) is 3. The molecule has 0 rings (SSSR count). The van der Waals surface area contributed by atoms with E-state index in [1.165, 1.54) is 0 Å². The molecule has 0 fully saturated rings. The van der Waals surface area contributed by atoms with Crippen molar-refractivity contribution in [3.8, 4) is 0 Å². The van der Waals surface area contributed by atoms with Crippen LogP contribution < -0.4 is 12.3 Å². The molecular formula is CH6ClN2OPt. The average Bonchev–Trinajstić information content (AvgIpc) is 1.50. The van der Waals surface area contributed by atoms with E-state index < -0.39 is 0 Å². The van der Waals surface area contributed by atoms with Gasteiger partial charge in [0.25, 0.3) is 6.79 Å². The summed E-state index contributed by atoms with van der Waals surface area (Å²) in [4.78, 5) is 7.50. The van der Waals surface area contributed by atoms with Gasteiger partial charge in [0.15, 0.2) is 0 Å². The van der Waals surface area contributed by atoms with E-state index in [1.54, 1.807) is 18.8 Å². The van der Waals surface area contributed by atoms with Gasteiger partial charge in [0.1, 0.15) is 0 Å². The Bertz CT molecular complexity index is 13.5. The van der Waals surface area contributed by atoms with Gasteiger partial charge in [-0.05, 0) is 0 Å². The summed E-state index contributed by atoms with van der Waals surface area (Å²) in [6, 6.07) is 0. The summed E-state index contributed by atoms with van der Waals surface area (Å²) in [5, 5.41) is 0. The minimum absolute atomic E-state index is 0. The molecule has 0 heterocycles. The fourth-order valence-electron chi connectivity index (χ4n) is 0. The fourth-order valence-corrected chi connectivity index (χ4v) is 0. The maximum atomic E-state index is 7.50. The Labute approximate surface area is 52.4 Å². The summed E-state index contributed by atoms with van der Waals surface area (Å²) in [5.41, 5.74) is 0. The predicted molar refractivity (Wildman–Crippen MR) is 21.6 cm³/mol. The van der Waals surface area contributed by atoms with Crippen LogP contribution in [-0.4, -0.2) is 6.79 Å². The number of carbonyl (C=O) groups excluding carboxylic acids is 1. The van der Waals surface area contributed by atoms with Crippen LogP contribution in [0.5, 0.6) is 0 Å². The van der Waals surface area contributed by atoms with Crippen molar-refractivity contribution < 1.29 is 23.6 Å². The van der Waals surface area contributed by atoms with E-state index >= 15 is 0 Å². The van der Waals surface area contributed by atoms with Crippen molar-refractivity contribution in [2.24, 2.45) is 0 Å². The Morgan fingerprint density at radius 3 is 1.17 bits per heavy atom. The van der Waals surface area contributed by atoms with Crippen molar-refractivity contribution in [3.05, 3.63) is 0 Å². The van der Waals surface area contributed by atoms with Crippen molar-refractivity contribution >= 4 is 16.2 Å². The molecule has 0 bridgehead atoms. The van der Waals surface area contributed by atoms with Crippen molar-refractivity contribution in [3.63, 3.8) is 0 Å². The maximum absolute atomic E-state index is 7.50. The molecule has 0 aliphatic heterocycles. The van der Waals surface area contributed by atoms with Crippen molar-refractivity contribution in [1.82, 2.24) is 12.3 Å². The monoisotopic (exact) mass is 292 g/mol. The zero-order valence-corrected chi connectivity index (χ0v) is 6.04. The summed E-state index contributed by atoms with van der Waals surface area (Å²) in [6.45, 7) is 4.50. The van der Waals surface area contributed by atoms with Gasteiger partial charge in [0, 0.05) is 0 Å². The molecule has 0 saturated carbocycles. The van der Waals surface area contributed by atoms with Crippen LogP contribution in [0.2, 0.25) is 0 Å². The minimum atomic E-state index is 0. The first kappa shape index (κ1) is 30.9. The molecule has 0 atom stereocenters. The molecule has 0 aliphatic carbocycles. The van der Waals surface area contributed by atoms with Crippen molar-refractivity contribution in [1.29, 1.82) is 0 Å². The normalized spacial score (nSPS) is 1.83. The first-order valence-electron chi connectivity index (χ1n) is 0.324. The molecule has 0 aliphatic rings. The average molecular weight is 293 g/mol. The summed E-state index contributed by atoms with van der Waals surface area (Å²) < 4.78 is 0. The molecule has 0 aromatic heterocycles. The summed E-state index contributed by atoms with van der Waals surface area (Å²) in [5.74, 6) is 0. The van der Waals surface area contributed by atoms with Gasteiger partial charge in [0.2, 0.25) is 0 Å². The summed E-state index contributed by atoms with van der Waals surface area (Å²) >= 11 is 1.61. The molecule has 43 valence electrons. The topological polar surface area (TPSA) is 87.1 Å². The SMILES string of the molecule is N.N.[C]=O.[Cl][Pt]. The van der Waals surface area contributed by atoms with Crippen molar-refractivity contribution in [2.75, 3.05) is 0 Å². The van der Waals surface area contributed by atoms with Crippen molar-refractivity contribution in [2.45, 2.75) is 0 Å². The molecular weight excluding hydrogens is 287 g/mol. The van der Waals surface area contributed by atoms with Gasteiger partial charge in [-0.2, -0.15) is 0 Å². The van der Waals surface area contributed by atoms with Gasteiger partial charge in [-0.1, -0.05) is 0 Å². The Balaban J connectivity index is -0.00000000500. The molecule has 0 amide bonds. The molecule has 0 unspecified atom stereocenters. The molecule has 6 heavy (non-hydrogen) atoms. The molecule has 0 aromatic rings. The molecule has 0 aromatic carbocycles. The van der Waals surface area contributed by atoms with Gasteiger partial charge in [-0.25, -0.2) is 0 Å². The van der Waals surface area contributed by atoms with Crippen LogP contribution in [0.15, 0.2) is 0 Å². The van der Waals surface area contributed by atoms with Gasteiger partial charge >= 0.3 is 28.2 Å². The Morgan fingerprint density at radius 1 is 1.17 bits per heavy atom. The fraction of sp³-hybridized carbons (Fsp3) is 0. The molecule has 0 spiro atoms. The van der Waals surface area contributed by atoms with E-state index in [0.29, 0.717) is 0 Å². The van der Waals surface area contributed by atoms with E-state index in [9.17, 15) is 0 Å². The Morgan fingerprint density at radius 2 is 1.17 bits per heavy atom. The Hall–Kier alpha value is 0.568. The van der Waals surface area contributed by atoms with Gasteiger partial charge in [-0.3, -0.25) is 4.79 Å². The molecule has 0 saturated heterocycles. The molecule has 2 radical (unpaired) electrons. The first-order valence-corrected chi connectivity index (χ1v) is 3.14. The second-order valence-corrected chi connectivity index (χ2v) is 0. The van der Waals surface area contributed by atoms with E-state index in [0.717, 1.165) is 0 Å². The third-order valence-electron chi connectivity index (χ3n) is 0. The van der Waals surface area contributed by atoms with Crippen LogP contribution in [0, 0.1) is 0 Å². The number of hydrogen-bond donors (Lipinski definition) is 2. The van der Waals surface area contributed by atoms with Crippen LogP contribution in [0.3, 0.4) is 0 Å². The molecule has 3 nitrogen and oxygen atoms in total. The second-order valence-electron chi connectivity index (χ2n) is 0. The van der Waals surface area contributed by atoms with Crippen LogP contribution in [0.25, 0.3) is 0 Å². The van der Waals surface area contributed by atoms with E-state index in [1.807, 2.05) is 0 Å². The third kappa shape index (κ3) is 180. The predicted octanol–water partition coefficient (Wildman–Crippen LogP) is 0.614. The van der Waals surface area contributed by atoms with Crippen LogP contribution in [-0.2, 0) is 23.6 Å². The van der Waals surface area contributed by atoms with Gasteiger partial charge in [0.05, 0.1) is 0 Å². The second kappa shape index (κ2) is 360. The van der Waals surface area contributed by atoms with Crippen LogP contribution in [0.4, 0.5) is 0 Å². The quantitative estimate of drug-likeness (QED) is 0.686. The van der Waals surface area contributed by atoms with Crippen LogP contribution >= 0.6 is 9.42 Å². The summed E-state index contributed by atoms with van der Waals surface area (Å²) in [7, 11) is 4.61. The third-order valence-corrected chi connectivity index (χ3v) is 0. The zero-order chi connectivity index (χ0) is 4.00. The van der Waals surface area contributed by atoms with E-state index in [2.05, 4.69) is 16.2 Å². The number of rotatable bonds is 0. The standard InChI is InChI=1S/CO.ClH.2H3N.Pt/c1-2;;;;/h;1H;2*1H3;/q;;;;+1/p-1. The zero-order valence-electron chi connectivity index (χ0n) is 3.02. The van der Waals surface area contributed by atoms with E-state index in [4.69, 9.17) is 4.79 Å². The number of halogens is 1. The first-order chi connectivity index (χ1) is 2.00.